The molecule has 0 saturated heterocycles. The minimum atomic E-state index is 0.783. The van der Waals surface area contributed by atoms with Gasteiger partial charge in [-0.15, -0.1) is 5.92 Å². The van der Waals surface area contributed by atoms with Gasteiger partial charge in [-0.25, -0.2) is 0 Å². The van der Waals surface area contributed by atoms with Crippen LogP contribution in [0.3, 0.4) is 0 Å². The molecule has 1 aromatic heterocycles. The lowest BCUT2D eigenvalue weighted by Gasteiger charge is -2.02. The fraction of sp³-hybridized carbons (Fsp3) is 0.444. The number of hydrogen-bond donors (Lipinski definition) is 1. The van der Waals surface area contributed by atoms with E-state index in [1.807, 2.05) is 6.92 Å². The molecule has 1 heterocycles. The minimum Gasteiger partial charge on any atom is -0.336 e. The zero-order chi connectivity index (χ0) is 14.2. The summed E-state index contributed by atoms with van der Waals surface area (Å²) < 4.78 is 2.26. The third-order valence-corrected chi connectivity index (χ3v) is 3.52. The molecule has 2 heteroatoms. The summed E-state index contributed by atoms with van der Waals surface area (Å²) in [5.41, 5.74) is 2.74. The van der Waals surface area contributed by atoms with Crippen LogP contribution in [0.2, 0.25) is 0 Å². The number of nitrogens with zero attached hydrogens (tertiary/aromatic N) is 1. The quantitative estimate of drug-likeness (QED) is 0.600. The fourth-order valence-corrected chi connectivity index (χ4v) is 2.52. The Bertz CT molecular complexity index is 599. The highest BCUT2D eigenvalue weighted by Gasteiger charge is 2.06. The highest BCUT2D eigenvalue weighted by molar-refractivity contribution is 5.84. The Labute approximate surface area is 122 Å². The predicted octanol–water partition coefficient (Wildman–Crippen LogP) is 3.60. The molecule has 2 rings (SSSR count). The summed E-state index contributed by atoms with van der Waals surface area (Å²) >= 11 is 0. The highest BCUT2D eigenvalue weighted by Crippen LogP contribution is 2.22. The zero-order valence-corrected chi connectivity index (χ0v) is 12.6. The second-order valence-electron chi connectivity index (χ2n) is 5.08. The van der Waals surface area contributed by atoms with Crippen LogP contribution in [-0.2, 0) is 13.0 Å². The van der Waals surface area contributed by atoms with E-state index in [0.29, 0.717) is 0 Å². The number of benzene rings is 1. The lowest BCUT2D eigenvalue weighted by Crippen LogP contribution is -2.16. The van der Waals surface area contributed by atoms with E-state index in [4.69, 9.17) is 0 Å². The van der Waals surface area contributed by atoms with Gasteiger partial charge in [-0.2, -0.15) is 0 Å². The Balaban J connectivity index is 2.09. The van der Waals surface area contributed by atoms with Crippen molar-refractivity contribution in [3.63, 3.8) is 0 Å². The third kappa shape index (κ3) is 3.65. The summed E-state index contributed by atoms with van der Waals surface area (Å²) in [4.78, 5) is 0. The number of rotatable bonds is 7. The molecule has 1 aromatic carbocycles. The summed E-state index contributed by atoms with van der Waals surface area (Å²) in [5, 5.41) is 4.84. The van der Waals surface area contributed by atoms with Crippen molar-refractivity contribution in [2.75, 3.05) is 13.1 Å². The van der Waals surface area contributed by atoms with Crippen molar-refractivity contribution in [3.8, 4) is 11.8 Å². The van der Waals surface area contributed by atoms with Gasteiger partial charge in [0.15, 0.2) is 0 Å². The lowest BCUT2D eigenvalue weighted by molar-refractivity contribution is 0.640. The number of para-hydroxylation sites is 1. The number of aromatic nitrogens is 1. The molecule has 2 aromatic rings. The van der Waals surface area contributed by atoms with Crippen molar-refractivity contribution in [2.24, 2.45) is 0 Å². The third-order valence-electron chi connectivity index (χ3n) is 3.52. The predicted molar refractivity (Wildman–Crippen MR) is 86.9 cm³/mol. The fourth-order valence-electron chi connectivity index (χ4n) is 2.52. The van der Waals surface area contributed by atoms with Gasteiger partial charge in [0.1, 0.15) is 0 Å². The van der Waals surface area contributed by atoms with Gasteiger partial charge in [0, 0.05) is 17.1 Å². The Morgan fingerprint density at radius 3 is 2.85 bits per heavy atom. The Hall–Kier alpha value is -1.72. The van der Waals surface area contributed by atoms with E-state index < -0.39 is 0 Å². The van der Waals surface area contributed by atoms with Gasteiger partial charge < -0.3 is 9.88 Å². The van der Waals surface area contributed by atoms with Crippen molar-refractivity contribution in [2.45, 2.75) is 39.7 Å². The molecule has 0 unspecified atom stereocenters. The largest absolute Gasteiger partial charge is 0.336 e. The van der Waals surface area contributed by atoms with Crippen LogP contribution in [0.1, 0.15) is 32.3 Å². The molecule has 0 bridgehead atoms. The van der Waals surface area contributed by atoms with Crippen LogP contribution in [0.5, 0.6) is 0 Å². The van der Waals surface area contributed by atoms with Gasteiger partial charge in [-0.05, 0) is 50.9 Å². The molecule has 2 nitrogen and oxygen atoms in total. The van der Waals surface area contributed by atoms with Crippen LogP contribution in [0.25, 0.3) is 10.9 Å². The molecule has 0 radical (unpaired) electrons. The first-order valence-electron chi connectivity index (χ1n) is 7.54. The average Bonchev–Trinajstić information content (AvgIpc) is 2.83. The summed E-state index contributed by atoms with van der Waals surface area (Å²) in [6.07, 6.45) is 5.79. The van der Waals surface area contributed by atoms with E-state index >= 15 is 0 Å². The summed E-state index contributed by atoms with van der Waals surface area (Å²) in [7, 11) is 0. The Morgan fingerprint density at radius 1 is 1.20 bits per heavy atom. The first kappa shape index (κ1) is 14.7. The van der Waals surface area contributed by atoms with Crippen LogP contribution in [-0.4, -0.2) is 17.7 Å². The minimum absolute atomic E-state index is 0.783. The molecular weight excluding hydrogens is 244 g/mol. The molecule has 0 aliphatic heterocycles. The number of aryl methyl sites for hydroxylation is 1. The van der Waals surface area contributed by atoms with Crippen LogP contribution in [0.15, 0.2) is 30.5 Å². The smallest absolute Gasteiger partial charge is 0.0837 e. The number of hydrogen-bond acceptors (Lipinski definition) is 1. The maximum absolute atomic E-state index is 3.47. The van der Waals surface area contributed by atoms with E-state index in [1.54, 1.807) is 0 Å². The molecule has 0 aliphatic rings. The normalized spacial score (nSPS) is 10.5. The van der Waals surface area contributed by atoms with Crippen LogP contribution >= 0.6 is 0 Å². The maximum Gasteiger partial charge on any atom is 0.0837 e. The van der Waals surface area contributed by atoms with E-state index in [-0.39, 0.29) is 0 Å². The average molecular weight is 268 g/mol. The molecular formula is C18H24N2. The van der Waals surface area contributed by atoms with Gasteiger partial charge in [-0.3, -0.25) is 0 Å². The van der Waals surface area contributed by atoms with Crippen molar-refractivity contribution >= 4 is 10.9 Å². The van der Waals surface area contributed by atoms with E-state index in [0.717, 1.165) is 26.1 Å². The second kappa shape index (κ2) is 7.77. The molecule has 20 heavy (non-hydrogen) atoms. The zero-order valence-electron chi connectivity index (χ0n) is 12.6. The van der Waals surface area contributed by atoms with Crippen molar-refractivity contribution in [3.05, 3.63) is 36.0 Å². The first-order chi connectivity index (χ1) is 9.86. The molecule has 0 spiro atoms. The summed E-state index contributed by atoms with van der Waals surface area (Å²) in [5.74, 6) is 6.13. The highest BCUT2D eigenvalue weighted by atomic mass is 14.9. The van der Waals surface area contributed by atoms with E-state index in [9.17, 15) is 0 Å². The Kier molecular flexibility index (Phi) is 5.70. The van der Waals surface area contributed by atoms with Crippen molar-refractivity contribution < 1.29 is 0 Å². The second-order valence-corrected chi connectivity index (χ2v) is 5.08. The molecule has 0 atom stereocenters. The summed E-state index contributed by atoms with van der Waals surface area (Å²) in [6.45, 7) is 7.10. The van der Waals surface area contributed by atoms with Crippen molar-refractivity contribution in [1.82, 2.24) is 9.88 Å². The molecule has 0 fully saturated rings. The SMILES string of the molecule is CC#CCn1cc(CCCNCCC)c2ccccc21. The Morgan fingerprint density at radius 2 is 2.05 bits per heavy atom. The van der Waals surface area contributed by atoms with Gasteiger partial charge >= 0.3 is 0 Å². The molecule has 0 amide bonds. The molecule has 0 aliphatic carbocycles. The van der Waals surface area contributed by atoms with E-state index in [2.05, 4.69) is 59.1 Å². The van der Waals surface area contributed by atoms with Crippen LogP contribution in [0.4, 0.5) is 0 Å². The first-order valence-corrected chi connectivity index (χ1v) is 7.54. The topological polar surface area (TPSA) is 17.0 Å². The molecule has 0 saturated carbocycles. The monoisotopic (exact) mass is 268 g/mol. The maximum atomic E-state index is 3.47. The van der Waals surface area contributed by atoms with Crippen LogP contribution < -0.4 is 5.32 Å². The van der Waals surface area contributed by atoms with Gasteiger partial charge in [0.25, 0.3) is 0 Å². The summed E-state index contributed by atoms with van der Waals surface area (Å²) in [6, 6.07) is 8.63. The molecule has 1 N–H and O–H groups in total. The number of fused-ring (bicyclic) bond motifs is 1. The molecule has 106 valence electrons. The lowest BCUT2D eigenvalue weighted by atomic mass is 10.1. The van der Waals surface area contributed by atoms with Crippen molar-refractivity contribution in [1.29, 1.82) is 0 Å². The standard InChI is InChI=1S/C18H24N2/c1-3-5-14-20-15-16(9-8-13-19-12-4-2)17-10-6-7-11-18(17)20/h6-7,10-11,15,19H,4,8-9,12-14H2,1-2H3. The van der Waals surface area contributed by atoms with Gasteiger partial charge in [-0.1, -0.05) is 31.0 Å². The van der Waals surface area contributed by atoms with Gasteiger partial charge in [0.05, 0.1) is 6.54 Å². The van der Waals surface area contributed by atoms with Gasteiger partial charge in [0.2, 0.25) is 0 Å². The van der Waals surface area contributed by atoms with Crippen LogP contribution in [0, 0.1) is 11.8 Å². The number of nitrogens with one attached hydrogen (secondary N) is 1. The van der Waals surface area contributed by atoms with E-state index in [1.165, 1.54) is 29.3 Å².